The molecule has 1 amide bonds. The molecule has 0 radical (unpaired) electrons. The molecule has 0 saturated carbocycles. The second-order valence-corrected chi connectivity index (χ2v) is 4.94. The summed E-state index contributed by atoms with van der Waals surface area (Å²) in [4.78, 5) is 23.0. The molecule has 0 saturated heterocycles. The van der Waals surface area contributed by atoms with Crippen LogP contribution < -0.4 is 5.32 Å². The molecule has 0 fully saturated rings. The highest BCUT2D eigenvalue weighted by Crippen LogP contribution is 2.18. The van der Waals surface area contributed by atoms with Crippen molar-refractivity contribution in [1.82, 2.24) is 5.32 Å². The third-order valence-corrected chi connectivity index (χ3v) is 3.30. The Hall–Kier alpha value is -2.40. The second kappa shape index (κ2) is 6.37. The summed E-state index contributed by atoms with van der Waals surface area (Å²) in [7, 11) is 0. The van der Waals surface area contributed by atoms with Crippen molar-refractivity contribution in [3.63, 3.8) is 0 Å². The first-order chi connectivity index (χ1) is 9.99. The van der Waals surface area contributed by atoms with Gasteiger partial charge in [0.2, 0.25) is 5.91 Å². The van der Waals surface area contributed by atoms with Crippen LogP contribution in [-0.2, 0) is 16.0 Å². The van der Waals surface area contributed by atoms with Crippen LogP contribution in [0.15, 0.2) is 42.5 Å². The van der Waals surface area contributed by atoms with Gasteiger partial charge in [0.15, 0.2) is 6.04 Å². The van der Waals surface area contributed by atoms with Crippen LogP contribution in [0.4, 0.5) is 0 Å². The topological polar surface area (TPSA) is 86.6 Å². The molecule has 110 valence electrons. The van der Waals surface area contributed by atoms with Crippen molar-refractivity contribution in [2.75, 3.05) is 0 Å². The minimum atomic E-state index is -1.30. The number of carboxylic acid groups (broad SMARTS) is 1. The van der Waals surface area contributed by atoms with Crippen LogP contribution in [-0.4, -0.2) is 34.2 Å². The lowest BCUT2D eigenvalue weighted by molar-refractivity contribution is -0.144. The molecule has 5 nitrogen and oxygen atoms in total. The molecule has 2 aromatic carbocycles. The quantitative estimate of drug-likeness (QED) is 0.774. The largest absolute Gasteiger partial charge is 0.480 e. The maximum absolute atomic E-state index is 12.0. The molecule has 0 heterocycles. The Balaban J connectivity index is 2.17. The molecule has 2 rings (SSSR count). The Morgan fingerprint density at radius 2 is 1.81 bits per heavy atom. The highest BCUT2D eigenvalue weighted by molar-refractivity contribution is 5.91. The molecule has 0 aromatic heterocycles. The molecule has 2 unspecified atom stereocenters. The fraction of sp³-hybridized carbons (Fsp3) is 0.250. The van der Waals surface area contributed by atoms with Gasteiger partial charge in [0.25, 0.3) is 0 Å². The first kappa shape index (κ1) is 15.0. The number of aliphatic carboxylic acids is 1. The van der Waals surface area contributed by atoms with E-state index < -0.39 is 24.0 Å². The number of amides is 1. The number of fused-ring (bicyclic) bond motifs is 1. The molecule has 5 heteroatoms. The summed E-state index contributed by atoms with van der Waals surface area (Å²) in [5.74, 6) is -1.68. The summed E-state index contributed by atoms with van der Waals surface area (Å²) < 4.78 is 0. The van der Waals surface area contributed by atoms with E-state index in [1.165, 1.54) is 6.92 Å². The number of benzene rings is 2. The Morgan fingerprint density at radius 3 is 2.48 bits per heavy atom. The lowest BCUT2D eigenvalue weighted by atomic mass is 10.0. The van der Waals surface area contributed by atoms with Gasteiger partial charge in [0, 0.05) is 0 Å². The number of carboxylic acids is 1. The van der Waals surface area contributed by atoms with E-state index in [0.29, 0.717) is 0 Å². The minimum Gasteiger partial charge on any atom is -0.480 e. The lowest BCUT2D eigenvalue weighted by Gasteiger charge is -2.17. The fourth-order valence-corrected chi connectivity index (χ4v) is 2.23. The van der Waals surface area contributed by atoms with Gasteiger partial charge in [0.1, 0.15) is 0 Å². The van der Waals surface area contributed by atoms with Crippen molar-refractivity contribution in [2.24, 2.45) is 0 Å². The lowest BCUT2D eigenvalue weighted by Crippen LogP contribution is -2.48. The number of rotatable bonds is 5. The number of carbonyl (C=O) groups excluding carboxylic acids is 1. The van der Waals surface area contributed by atoms with Crippen LogP contribution >= 0.6 is 0 Å². The van der Waals surface area contributed by atoms with Gasteiger partial charge in [-0.25, -0.2) is 4.79 Å². The van der Waals surface area contributed by atoms with E-state index in [1.54, 1.807) is 0 Å². The van der Waals surface area contributed by atoms with Crippen molar-refractivity contribution in [2.45, 2.75) is 25.5 Å². The van der Waals surface area contributed by atoms with E-state index in [1.807, 2.05) is 42.5 Å². The number of hydrogen-bond donors (Lipinski definition) is 3. The maximum Gasteiger partial charge on any atom is 0.328 e. The molecule has 0 bridgehead atoms. The number of aliphatic hydroxyl groups excluding tert-OH is 1. The van der Waals surface area contributed by atoms with Gasteiger partial charge in [-0.1, -0.05) is 42.5 Å². The normalized spacial score (nSPS) is 13.6. The van der Waals surface area contributed by atoms with Crippen LogP contribution in [0, 0.1) is 0 Å². The number of carbonyl (C=O) groups is 2. The average Bonchev–Trinajstić information content (AvgIpc) is 2.44. The molecule has 3 N–H and O–H groups in total. The summed E-state index contributed by atoms with van der Waals surface area (Å²) in [6.07, 6.45) is -1.09. The van der Waals surface area contributed by atoms with Crippen molar-refractivity contribution >= 4 is 22.6 Å². The predicted octanol–water partition coefficient (Wildman–Crippen LogP) is 1.33. The Kier molecular flexibility index (Phi) is 4.55. The van der Waals surface area contributed by atoms with E-state index in [0.717, 1.165) is 16.3 Å². The highest BCUT2D eigenvalue weighted by atomic mass is 16.4. The zero-order chi connectivity index (χ0) is 15.4. The van der Waals surface area contributed by atoms with Crippen molar-refractivity contribution in [3.05, 3.63) is 48.0 Å². The van der Waals surface area contributed by atoms with Gasteiger partial charge in [-0.2, -0.15) is 0 Å². The minimum absolute atomic E-state index is 0.0673. The van der Waals surface area contributed by atoms with Gasteiger partial charge in [-0.05, 0) is 23.3 Å². The molecule has 2 atom stereocenters. The Morgan fingerprint density at radius 1 is 1.14 bits per heavy atom. The van der Waals surface area contributed by atoms with E-state index in [9.17, 15) is 14.7 Å². The van der Waals surface area contributed by atoms with Crippen molar-refractivity contribution in [1.29, 1.82) is 0 Å². The zero-order valence-corrected chi connectivity index (χ0v) is 11.6. The van der Waals surface area contributed by atoms with E-state index in [4.69, 9.17) is 5.11 Å². The van der Waals surface area contributed by atoms with Gasteiger partial charge < -0.3 is 15.5 Å². The number of hydrogen-bond acceptors (Lipinski definition) is 3. The summed E-state index contributed by atoms with van der Waals surface area (Å²) >= 11 is 0. The highest BCUT2D eigenvalue weighted by Gasteiger charge is 2.24. The summed E-state index contributed by atoms with van der Waals surface area (Å²) in [5.41, 5.74) is 0.820. The van der Waals surface area contributed by atoms with Crippen LogP contribution in [0.3, 0.4) is 0 Å². The van der Waals surface area contributed by atoms with Crippen LogP contribution in [0.25, 0.3) is 10.8 Å². The van der Waals surface area contributed by atoms with E-state index >= 15 is 0 Å². The number of nitrogens with one attached hydrogen (secondary N) is 1. The molecule has 0 aliphatic heterocycles. The van der Waals surface area contributed by atoms with Gasteiger partial charge >= 0.3 is 5.97 Å². The summed E-state index contributed by atoms with van der Waals surface area (Å²) in [6, 6.07) is 12.0. The van der Waals surface area contributed by atoms with Crippen LogP contribution in [0.5, 0.6) is 0 Å². The average molecular weight is 287 g/mol. The summed E-state index contributed by atoms with van der Waals surface area (Å²) in [6.45, 7) is 1.33. The molecular weight excluding hydrogens is 270 g/mol. The van der Waals surface area contributed by atoms with Crippen molar-refractivity contribution in [3.8, 4) is 0 Å². The van der Waals surface area contributed by atoms with Crippen LogP contribution in [0.1, 0.15) is 12.5 Å². The van der Waals surface area contributed by atoms with Crippen molar-refractivity contribution < 1.29 is 19.8 Å². The SMILES string of the molecule is CC(O)C(NC(=O)Cc1cccc2ccccc12)C(=O)O. The maximum atomic E-state index is 12.0. The molecule has 0 aliphatic rings. The second-order valence-electron chi connectivity index (χ2n) is 4.94. The van der Waals surface area contributed by atoms with Gasteiger partial charge in [-0.15, -0.1) is 0 Å². The monoisotopic (exact) mass is 287 g/mol. The van der Waals surface area contributed by atoms with E-state index in [2.05, 4.69) is 5.32 Å². The molecule has 2 aromatic rings. The molecule has 21 heavy (non-hydrogen) atoms. The van der Waals surface area contributed by atoms with Gasteiger partial charge in [-0.3, -0.25) is 4.79 Å². The Labute approximate surface area is 122 Å². The zero-order valence-electron chi connectivity index (χ0n) is 11.6. The van der Waals surface area contributed by atoms with Gasteiger partial charge in [0.05, 0.1) is 12.5 Å². The Bertz CT molecular complexity index is 661. The standard InChI is InChI=1S/C16H17NO4/c1-10(18)15(16(20)21)17-14(19)9-12-7-4-6-11-5-2-3-8-13(11)12/h2-8,10,15,18H,9H2,1H3,(H,17,19)(H,20,21). The summed E-state index contributed by atoms with van der Waals surface area (Å²) in [5, 5.41) is 22.6. The third kappa shape index (κ3) is 3.58. The van der Waals surface area contributed by atoms with E-state index in [-0.39, 0.29) is 6.42 Å². The molecule has 0 aliphatic carbocycles. The molecule has 0 spiro atoms. The smallest absolute Gasteiger partial charge is 0.328 e. The predicted molar refractivity (Wildman–Crippen MR) is 78.9 cm³/mol. The first-order valence-electron chi connectivity index (χ1n) is 6.66. The number of aliphatic hydroxyl groups is 1. The molecular formula is C16H17NO4. The fourth-order valence-electron chi connectivity index (χ4n) is 2.23. The third-order valence-electron chi connectivity index (χ3n) is 3.30. The van der Waals surface area contributed by atoms with Crippen LogP contribution in [0.2, 0.25) is 0 Å². The first-order valence-corrected chi connectivity index (χ1v) is 6.66.